The summed E-state index contributed by atoms with van der Waals surface area (Å²) in [4.78, 5) is 0. The first-order valence-corrected chi connectivity index (χ1v) is 4.10. The number of rotatable bonds is 0. The zero-order valence-corrected chi connectivity index (χ0v) is 7.32. The van der Waals surface area contributed by atoms with Crippen LogP contribution in [-0.2, 0) is 0 Å². The van der Waals surface area contributed by atoms with E-state index in [9.17, 15) is 5.11 Å². The number of hydrogen-bond acceptors (Lipinski definition) is 3. The Balaban J connectivity index is 2.54. The minimum atomic E-state index is -0.853. The third kappa shape index (κ3) is 1.38. The molecule has 2 rings (SSSR count). The van der Waals surface area contributed by atoms with Crippen LogP contribution in [0.3, 0.4) is 0 Å². The quantitative estimate of drug-likeness (QED) is 0.589. The fourth-order valence-electron chi connectivity index (χ4n) is 1.43. The van der Waals surface area contributed by atoms with Crippen LogP contribution in [0, 0.1) is 0 Å². The second-order valence-corrected chi connectivity index (χ2v) is 3.11. The minimum Gasteiger partial charge on any atom is -0.461 e. The van der Waals surface area contributed by atoms with E-state index in [1.165, 1.54) is 0 Å². The predicted molar refractivity (Wildman–Crippen MR) is 51.1 cm³/mol. The van der Waals surface area contributed by atoms with Crippen LogP contribution in [0.1, 0.15) is 12.5 Å². The molecule has 0 aromatic heterocycles. The van der Waals surface area contributed by atoms with Gasteiger partial charge in [-0.25, -0.2) is 0 Å². The number of ether oxygens (including phenoxy) is 1. The molecule has 1 atom stereocenters. The van der Waals surface area contributed by atoms with Gasteiger partial charge in [0.05, 0.1) is 0 Å². The van der Waals surface area contributed by atoms with E-state index < -0.39 is 6.29 Å². The molecule has 1 aromatic carbocycles. The largest absolute Gasteiger partial charge is 0.461 e. The highest BCUT2D eigenvalue weighted by Gasteiger charge is 2.15. The topological polar surface area (TPSA) is 55.5 Å². The van der Waals surface area contributed by atoms with E-state index in [1.807, 2.05) is 19.1 Å². The predicted octanol–water partition coefficient (Wildman–Crippen LogP) is 1.38. The Morgan fingerprint density at radius 2 is 2.23 bits per heavy atom. The summed E-state index contributed by atoms with van der Waals surface area (Å²) in [6.07, 6.45) is 0.813. The molecule has 0 saturated carbocycles. The second kappa shape index (κ2) is 2.78. The van der Waals surface area contributed by atoms with Gasteiger partial charge >= 0.3 is 0 Å². The van der Waals surface area contributed by atoms with Crippen molar-refractivity contribution < 1.29 is 9.84 Å². The first kappa shape index (κ1) is 8.13. The molecule has 1 unspecified atom stereocenters. The van der Waals surface area contributed by atoms with Crippen molar-refractivity contribution in [1.29, 1.82) is 0 Å². The number of hydrogen-bond donors (Lipinski definition) is 2. The number of benzene rings is 1. The fourth-order valence-corrected chi connectivity index (χ4v) is 1.43. The van der Waals surface area contributed by atoms with E-state index in [0.717, 1.165) is 11.1 Å². The van der Waals surface area contributed by atoms with E-state index in [4.69, 9.17) is 10.5 Å². The summed E-state index contributed by atoms with van der Waals surface area (Å²) in [5, 5.41) is 9.28. The van der Waals surface area contributed by atoms with Crippen molar-refractivity contribution in [3.05, 3.63) is 29.8 Å². The number of anilines is 1. The number of aliphatic hydroxyl groups is 1. The van der Waals surface area contributed by atoms with Crippen molar-refractivity contribution in [3.8, 4) is 5.75 Å². The highest BCUT2D eigenvalue weighted by Crippen LogP contribution is 2.32. The average molecular weight is 177 g/mol. The van der Waals surface area contributed by atoms with Gasteiger partial charge in [0.1, 0.15) is 5.75 Å². The molecular weight excluding hydrogens is 166 g/mol. The van der Waals surface area contributed by atoms with Crippen LogP contribution >= 0.6 is 0 Å². The number of allylic oxidation sites excluding steroid dienone is 1. The van der Waals surface area contributed by atoms with Crippen molar-refractivity contribution in [1.82, 2.24) is 0 Å². The van der Waals surface area contributed by atoms with Gasteiger partial charge in [-0.1, -0.05) is 0 Å². The average Bonchev–Trinajstić information content (AvgIpc) is 2.02. The molecule has 0 bridgehead atoms. The Labute approximate surface area is 76.4 Å². The van der Waals surface area contributed by atoms with Crippen LogP contribution in [0.4, 0.5) is 5.69 Å². The van der Waals surface area contributed by atoms with Gasteiger partial charge in [0.15, 0.2) is 0 Å². The molecular formula is C10H11NO2. The fraction of sp³-hybridized carbons (Fsp3) is 0.200. The highest BCUT2D eigenvalue weighted by atomic mass is 16.6. The van der Waals surface area contributed by atoms with Gasteiger partial charge in [-0.2, -0.15) is 0 Å². The molecule has 1 heterocycles. The molecule has 3 N–H and O–H groups in total. The lowest BCUT2D eigenvalue weighted by Crippen LogP contribution is -2.17. The maximum atomic E-state index is 9.28. The van der Waals surface area contributed by atoms with Gasteiger partial charge in [-0.15, -0.1) is 0 Å². The zero-order chi connectivity index (χ0) is 9.42. The van der Waals surface area contributed by atoms with E-state index >= 15 is 0 Å². The molecule has 0 fully saturated rings. The smallest absolute Gasteiger partial charge is 0.217 e. The van der Waals surface area contributed by atoms with Crippen LogP contribution in [0.2, 0.25) is 0 Å². The molecule has 3 heteroatoms. The summed E-state index contributed by atoms with van der Waals surface area (Å²) in [5.74, 6) is 0.646. The molecule has 1 aliphatic heterocycles. The van der Waals surface area contributed by atoms with E-state index in [0.29, 0.717) is 11.4 Å². The molecule has 3 nitrogen and oxygen atoms in total. The van der Waals surface area contributed by atoms with Gasteiger partial charge < -0.3 is 15.6 Å². The first-order valence-electron chi connectivity index (χ1n) is 4.10. The van der Waals surface area contributed by atoms with Crippen LogP contribution in [0.15, 0.2) is 24.3 Å². The maximum Gasteiger partial charge on any atom is 0.217 e. The summed E-state index contributed by atoms with van der Waals surface area (Å²) in [5.41, 5.74) is 8.22. The number of aliphatic hydroxyl groups excluding tert-OH is 1. The van der Waals surface area contributed by atoms with Gasteiger partial charge in [0, 0.05) is 17.3 Å². The van der Waals surface area contributed by atoms with Crippen LogP contribution in [0.5, 0.6) is 5.75 Å². The van der Waals surface area contributed by atoms with Crippen LogP contribution in [0.25, 0.3) is 5.57 Å². The molecule has 0 saturated heterocycles. The number of fused-ring (bicyclic) bond motifs is 1. The summed E-state index contributed by atoms with van der Waals surface area (Å²) in [7, 11) is 0. The number of nitrogens with two attached hydrogens (primary N) is 1. The molecule has 0 spiro atoms. The Bertz CT molecular complexity index is 371. The third-order valence-corrected chi connectivity index (χ3v) is 2.07. The Hall–Kier alpha value is -1.48. The van der Waals surface area contributed by atoms with Crippen molar-refractivity contribution in [2.75, 3.05) is 5.73 Å². The molecule has 0 aliphatic carbocycles. The van der Waals surface area contributed by atoms with E-state index in [-0.39, 0.29) is 0 Å². The Kier molecular flexibility index (Phi) is 1.74. The lowest BCUT2D eigenvalue weighted by Gasteiger charge is -2.20. The second-order valence-electron chi connectivity index (χ2n) is 3.11. The van der Waals surface area contributed by atoms with E-state index in [1.54, 1.807) is 12.1 Å². The van der Waals surface area contributed by atoms with Gasteiger partial charge in [0.25, 0.3) is 0 Å². The van der Waals surface area contributed by atoms with Crippen molar-refractivity contribution in [2.24, 2.45) is 0 Å². The van der Waals surface area contributed by atoms with Gasteiger partial charge in [-0.05, 0) is 30.7 Å². The lowest BCUT2D eigenvalue weighted by molar-refractivity contribution is 0.0225. The molecule has 13 heavy (non-hydrogen) atoms. The molecule has 68 valence electrons. The van der Waals surface area contributed by atoms with Crippen molar-refractivity contribution in [3.63, 3.8) is 0 Å². The maximum absolute atomic E-state index is 9.28. The minimum absolute atomic E-state index is 0.639. The Morgan fingerprint density at radius 3 is 3.00 bits per heavy atom. The third-order valence-electron chi connectivity index (χ3n) is 2.07. The lowest BCUT2D eigenvalue weighted by atomic mass is 10.0. The summed E-state index contributed by atoms with van der Waals surface area (Å²) >= 11 is 0. The van der Waals surface area contributed by atoms with Gasteiger partial charge in [-0.3, -0.25) is 0 Å². The van der Waals surface area contributed by atoms with Crippen LogP contribution in [-0.4, -0.2) is 11.4 Å². The van der Waals surface area contributed by atoms with E-state index in [2.05, 4.69) is 0 Å². The van der Waals surface area contributed by atoms with Crippen molar-refractivity contribution >= 4 is 11.3 Å². The molecule has 0 amide bonds. The molecule has 1 aliphatic rings. The molecule has 1 aromatic rings. The summed E-state index contributed by atoms with van der Waals surface area (Å²) in [6, 6.07) is 5.43. The molecule has 0 radical (unpaired) electrons. The zero-order valence-electron chi connectivity index (χ0n) is 7.32. The monoisotopic (exact) mass is 177 g/mol. The summed E-state index contributed by atoms with van der Waals surface area (Å²) < 4.78 is 5.18. The van der Waals surface area contributed by atoms with Crippen molar-refractivity contribution in [2.45, 2.75) is 13.2 Å². The summed E-state index contributed by atoms with van der Waals surface area (Å²) in [6.45, 7) is 1.93. The first-order chi connectivity index (χ1) is 6.16. The SMILES string of the molecule is CC1=CC(O)Oc2cc(N)ccc21. The highest BCUT2D eigenvalue weighted by molar-refractivity contribution is 5.72. The normalized spacial score (nSPS) is 20.2. The van der Waals surface area contributed by atoms with Crippen LogP contribution < -0.4 is 10.5 Å². The Morgan fingerprint density at radius 1 is 1.46 bits per heavy atom. The number of nitrogen functional groups attached to an aromatic ring is 1. The standard InChI is InChI=1S/C10H11NO2/c1-6-4-10(12)13-9-5-7(11)2-3-8(6)9/h2-5,10,12H,11H2,1H3. The van der Waals surface area contributed by atoms with Gasteiger partial charge in [0.2, 0.25) is 6.29 Å².